The zero-order valence-corrected chi connectivity index (χ0v) is 11.4. The zero-order valence-electron chi connectivity index (χ0n) is 8.27. The fourth-order valence-corrected chi connectivity index (χ4v) is 2.03. The van der Waals surface area contributed by atoms with Gasteiger partial charge < -0.3 is 9.47 Å². The lowest BCUT2D eigenvalue weighted by molar-refractivity contribution is -0.194. The quantitative estimate of drug-likeness (QED) is 0.548. The van der Waals surface area contributed by atoms with Crippen molar-refractivity contribution in [3.05, 3.63) is 10.2 Å². The van der Waals surface area contributed by atoms with E-state index in [1.807, 2.05) is 20.8 Å². The molecule has 1 rings (SSSR count). The van der Waals surface area contributed by atoms with Crippen LogP contribution in [0.15, 0.2) is 10.2 Å². The third-order valence-corrected chi connectivity index (χ3v) is 2.99. The first-order chi connectivity index (χ1) is 6.36. The van der Waals surface area contributed by atoms with Crippen molar-refractivity contribution >= 4 is 37.8 Å². The maximum Gasteiger partial charge on any atom is 0.351 e. The first-order valence-electron chi connectivity index (χ1n) is 4.18. The number of esters is 1. The van der Waals surface area contributed by atoms with Gasteiger partial charge in [0.05, 0.1) is 5.33 Å². The Balaban J connectivity index is 2.90. The van der Waals surface area contributed by atoms with Gasteiger partial charge in [-0.25, -0.2) is 4.79 Å². The maximum atomic E-state index is 11.4. The van der Waals surface area contributed by atoms with Crippen molar-refractivity contribution in [2.45, 2.75) is 27.1 Å². The lowest BCUT2D eigenvalue weighted by atomic mass is 9.95. The second-order valence-electron chi connectivity index (χ2n) is 4.09. The molecule has 0 fully saturated rings. The molecule has 0 aliphatic carbocycles. The van der Waals surface area contributed by atoms with Crippen LogP contribution in [-0.2, 0) is 14.3 Å². The van der Waals surface area contributed by atoms with E-state index in [1.54, 1.807) is 0 Å². The van der Waals surface area contributed by atoms with Crippen molar-refractivity contribution in [3.8, 4) is 0 Å². The fraction of sp³-hybridized carbons (Fsp3) is 0.667. The van der Waals surface area contributed by atoms with Crippen LogP contribution in [0.1, 0.15) is 20.8 Å². The van der Waals surface area contributed by atoms with Gasteiger partial charge >= 0.3 is 5.97 Å². The number of carbonyl (C=O) groups is 1. The molecule has 0 saturated heterocycles. The third-order valence-electron chi connectivity index (χ3n) is 1.72. The first kappa shape index (κ1) is 12.0. The highest BCUT2D eigenvalue weighted by Crippen LogP contribution is 2.33. The molecule has 0 radical (unpaired) electrons. The smallest absolute Gasteiger partial charge is 0.351 e. The first-order valence-corrected chi connectivity index (χ1v) is 6.10. The fourth-order valence-electron chi connectivity index (χ4n) is 0.911. The lowest BCUT2D eigenvalue weighted by Gasteiger charge is -2.33. The monoisotopic (exact) mass is 326 g/mol. The van der Waals surface area contributed by atoms with Crippen LogP contribution in [0.3, 0.4) is 0 Å². The molecule has 5 heteroatoms. The standard InChI is InChI=1S/C9H12Br2O3/c1-9(2,3)8-13-5(4-10)6(11)7(12)14-8/h8H,4H2,1-3H3. The molecule has 0 N–H and O–H groups in total. The van der Waals surface area contributed by atoms with Gasteiger partial charge in [-0.2, -0.15) is 0 Å². The van der Waals surface area contributed by atoms with Gasteiger partial charge in [-0.3, -0.25) is 0 Å². The molecule has 3 nitrogen and oxygen atoms in total. The van der Waals surface area contributed by atoms with Gasteiger partial charge in [0.2, 0.25) is 6.29 Å². The van der Waals surface area contributed by atoms with E-state index in [1.165, 1.54) is 0 Å². The summed E-state index contributed by atoms with van der Waals surface area (Å²) in [4.78, 5) is 11.4. The number of rotatable bonds is 1. The molecule has 80 valence electrons. The van der Waals surface area contributed by atoms with Crippen LogP contribution in [0, 0.1) is 5.41 Å². The third kappa shape index (κ3) is 2.51. The summed E-state index contributed by atoms with van der Waals surface area (Å²) in [5.41, 5.74) is -0.225. The van der Waals surface area contributed by atoms with E-state index < -0.39 is 6.29 Å². The van der Waals surface area contributed by atoms with Gasteiger partial charge in [-0.15, -0.1) is 0 Å². The lowest BCUT2D eigenvalue weighted by Crippen LogP contribution is -2.37. The molecule has 1 aliphatic heterocycles. The predicted octanol–water partition coefficient (Wildman–Crippen LogP) is 2.93. The van der Waals surface area contributed by atoms with Gasteiger partial charge in [0.25, 0.3) is 0 Å². The van der Waals surface area contributed by atoms with Crippen LogP contribution in [0.4, 0.5) is 0 Å². The van der Waals surface area contributed by atoms with Crippen LogP contribution in [0.2, 0.25) is 0 Å². The van der Waals surface area contributed by atoms with Gasteiger partial charge in [-0.05, 0) is 15.9 Å². The second kappa shape index (κ2) is 4.23. The van der Waals surface area contributed by atoms with E-state index in [-0.39, 0.29) is 11.4 Å². The largest absolute Gasteiger partial charge is 0.456 e. The van der Waals surface area contributed by atoms with Gasteiger partial charge in [0.1, 0.15) is 10.2 Å². The molecule has 0 spiro atoms. The number of halogens is 2. The van der Waals surface area contributed by atoms with Crippen molar-refractivity contribution < 1.29 is 14.3 Å². The molecule has 1 heterocycles. The topological polar surface area (TPSA) is 35.5 Å². The number of alkyl halides is 1. The molecule has 0 aromatic carbocycles. The zero-order chi connectivity index (χ0) is 10.9. The predicted molar refractivity (Wildman–Crippen MR) is 60.2 cm³/mol. The number of allylic oxidation sites excluding steroid dienone is 1. The van der Waals surface area contributed by atoms with Gasteiger partial charge in [-0.1, -0.05) is 36.7 Å². The van der Waals surface area contributed by atoms with E-state index in [4.69, 9.17) is 9.47 Å². The van der Waals surface area contributed by atoms with Crippen molar-refractivity contribution in [1.82, 2.24) is 0 Å². The van der Waals surface area contributed by atoms with Crippen LogP contribution in [0.5, 0.6) is 0 Å². The minimum Gasteiger partial charge on any atom is -0.456 e. The van der Waals surface area contributed by atoms with Crippen LogP contribution >= 0.6 is 31.9 Å². The summed E-state index contributed by atoms with van der Waals surface area (Å²) >= 11 is 6.38. The number of carbonyl (C=O) groups excluding carboxylic acids is 1. The summed E-state index contributed by atoms with van der Waals surface area (Å²) in [6.07, 6.45) is -0.524. The minimum atomic E-state index is -0.524. The molecule has 1 aliphatic rings. The summed E-state index contributed by atoms with van der Waals surface area (Å²) in [5.74, 6) is 0.215. The molecule has 0 bridgehead atoms. The number of hydrogen-bond acceptors (Lipinski definition) is 3. The summed E-state index contributed by atoms with van der Waals surface area (Å²) in [7, 11) is 0. The summed E-state index contributed by atoms with van der Waals surface area (Å²) < 4.78 is 11.0. The van der Waals surface area contributed by atoms with E-state index in [9.17, 15) is 4.79 Å². The summed E-state index contributed by atoms with van der Waals surface area (Å²) in [6.45, 7) is 5.86. The average molecular weight is 328 g/mol. The molecule has 14 heavy (non-hydrogen) atoms. The Bertz CT molecular complexity index is 278. The van der Waals surface area contributed by atoms with E-state index in [2.05, 4.69) is 31.9 Å². The Morgan fingerprint density at radius 2 is 1.93 bits per heavy atom. The van der Waals surface area contributed by atoms with Crippen molar-refractivity contribution in [2.75, 3.05) is 5.33 Å². The summed E-state index contributed by atoms with van der Waals surface area (Å²) in [5, 5.41) is 0.495. The Kier molecular flexibility index (Phi) is 3.63. The summed E-state index contributed by atoms with van der Waals surface area (Å²) in [6, 6.07) is 0. The number of ether oxygens (including phenoxy) is 2. The molecule has 1 unspecified atom stereocenters. The molecular weight excluding hydrogens is 316 g/mol. The second-order valence-corrected chi connectivity index (χ2v) is 5.45. The molecule has 0 aromatic heterocycles. The Morgan fingerprint density at radius 3 is 2.36 bits per heavy atom. The van der Waals surface area contributed by atoms with Gasteiger partial charge in [0.15, 0.2) is 0 Å². The highest BCUT2D eigenvalue weighted by Gasteiger charge is 2.36. The average Bonchev–Trinajstić information content (AvgIpc) is 2.07. The normalized spacial score (nSPS) is 23.2. The van der Waals surface area contributed by atoms with Gasteiger partial charge in [0, 0.05) is 5.41 Å². The van der Waals surface area contributed by atoms with E-state index >= 15 is 0 Å². The van der Waals surface area contributed by atoms with Crippen molar-refractivity contribution in [1.29, 1.82) is 0 Å². The SMILES string of the molecule is CC(C)(C)C1OC(=O)C(Br)=C(CBr)O1. The Labute approximate surface area is 100 Å². The van der Waals surface area contributed by atoms with Crippen LogP contribution < -0.4 is 0 Å². The molecule has 0 aromatic rings. The van der Waals surface area contributed by atoms with Crippen LogP contribution in [0.25, 0.3) is 0 Å². The minimum absolute atomic E-state index is 0.225. The number of cyclic esters (lactones) is 1. The van der Waals surface area contributed by atoms with Crippen molar-refractivity contribution in [2.24, 2.45) is 5.41 Å². The Hall–Kier alpha value is -0.0300. The molecular formula is C9H12Br2O3. The Morgan fingerprint density at radius 1 is 1.36 bits per heavy atom. The van der Waals surface area contributed by atoms with Crippen LogP contribution in [-0.4, -0.2) is 17.6 Å². The van der Waals surface area contributed by atoms with E-state index in [0.29, 0.717) is 15.6 Å². The highest BCUT2D eigenvalue weighted by atomic mass is 79.9. The molecule has 1 atom stereocenters. The molecule has 0 amide bonds. The van der Waals surface area contributed by atoms with Crippen molar-refractivity contribution in [3.63, 3.8) is 0 Å². The number of hydrogen-bond donors (Lipinski definition) is 0. The van der Waals surface area contributed by atoms with E-state index in [0.717, 1.165) is 0 Å². The molecule has 0 saturated carbocycles. The maximum absolute atomic E-state index is 11.4. The highest BCUT2D eigenvalue weighted by molar-refractivity contribution is 9.12.